The van der Waals surface area contributed by atoms with E-state index in [9.17, 15) is 4.79 Å². The van der Waals surface area contributed by atoms with E-state index in [-0.39, 0.29) is 5.91 Å². The maximum absolute atomic E-state index is 11.5. The van der Waals surface area contributed by atoms with Gasteiger partial charge in [0.25, 0.3) is 0 Å². The van der Waals surface area contributed by atoms with Crippen molar-refractivity contribution in [3.05, 3.63) is 11.1 Å². The van der Waals surface area contributed by atoms with Gasteiger partial charge in [-0.2, -0.15) is 0 Å². The van der Waals surface area contributed by atoms with Crippen molar-refractivity contribution in [1.82, 2.24) is 15.2 Å². The summed E-state index contributed by atoms with van der Waals surface area (Å²) < 4.78 is 0.916. The fourth-order valence-electron chi connectivity index (χ4n) is 1.61. The molecule has 2 rings (SSSR count). The van der Waals surface area contributed by atoms with Gasteiger partial charge in [0.05, 0.1) is 5.69 Å². The lowest BCUT2D eigenvalue weighted by molar-refractivity contribution is -0.116. The third-order valence-electron chi connectivity index (χ3n) is 2.54. The summed E-state index contributed by atoms with van der Waals surface area (Å²) in [6, 6.07) is 0. The van der Waals surface area contributed by atoms with Gasteiger partial charge in [0, 0.05) is 31.1 Å². The summed E-state index contributed by atoms with van der Waals surface area (Å²) in [5.41, 5.74) is 0.958. The van der Waals surface area contributed by atoms with Gasteiger partial charge in [-0.25, -0.2) is 4.98 Å². The molecule has 0 aliphatic heterocycles. The van der Waals surface area contributed by atoms with Gasteiger partial charge in [0.15, 0.2) is 9.47 Å². The van der Waals surface area contributed by atoms with E-state index in [2.05, 4.69) is 20.5 Å². The molecule has 1 amide bonds. The number of hydrogen-bond donors (Lipinski definition) is 1. The highest BCUT2D eigenvalue weighted by Gasteiger charge is 2.14. The van der Waals surface area contributed by atoms with Crippen molar-refractivity contribution in [3.8, 4) is 0 Å². The Kier molecular flexibility index (Phi) is 5.95. The highest BCUT2D eigenvalue weighted by Crippen LogP contribution is 2.30. The quantitative estimate of drug-likeness (QED) is 0.779. The van der Waals surface area contributed by atoms with Crippen LogP contribution in [0, 0.1) is 0 Å². The van der Waals surface area contributed by atoms with Gasteiger partial charge in [0.1, 0.15) is 0 Å². The van der Waals surface area contributed by atoms with Crippen LogP contribution in [0.3, 0.4) is 0 Å². The maximum Gasteiger partial charge on any atom is 0.225 e. The van der Waals surface area contributed by atoms with Crippen LogP contribution in [-0.2, 0) is 10.5 Å². The van der Waals surface area contributed by atoms with Gasteiger partial charge in [-0.05, 0) is 13.8 Å². The molecule has 2 heterocycles. The second-order valence-corrected chi connectivity index (χ2v) is 7.11. The third kappa shape index (κ3) is 4.39. The highest BCUT2D eigenvalue weighted by atomic mass is 32.2. The molecule has 2 aromatic rings. The molecule has 0 saturated carbocycles. The molecule has 0 spiro atoms. The molecule has 0 unspecified atom stereocenters. The Morgan fingerprint density at radius 2 is 2.24 bits per heavy atom. The van der Waals surface area contributed by atoms with E-state index in [1.54, 1.807) is 23.6 Å². The van der Waals surface area contributed by atoms with Gasteiger partial charge in [-0.15, -0.1) is 21.5 Å². The Hall–Kier alpha value is -1.19. The molecule has 1 N–H and O–H groups in total. The largest absolute Gasteiger partial charge is 0.360 e. The zero-order valence-corrected chi connectivity index (χ0v) is 14.6. The number of anilines is 2. The number of thiazole rings is 1. The van der Waals surface area contributed by atoms with Crippen LogP contribution in [0.4, 0.5) is 10.3 Å². The highest BCUT2D eigenvalue weighted by molar-refractivity contribution is 8.00. The average molecular weight is 344 g/mol. The molecule has 9 heteroatoms. The average Bonchev–Trinajstić information content (AvgIpc) is 3.07. The first-order valence-electron chi connectivity index (χ1n) is 6.56. The van der Waals surface area contributed by atoms with Crippen LogP contribution in [-0.4, -0.2) is 34.2 Å². The molecular formula is C12H17N5OS3. The molecule has 6 nitrogen and oxygen atoms in total. The molecule has 21 heavy (non-hydrogen) atoms. The predicted molar refractivity (Wildman–Crippen MR) is 89.4 cm³/mol. The Labute approximate surface area is 136 Å². The van der Waals surface area contributed by atoms with Crippen LogP contribution >= 0.6 is 34.4 Å². The Balaban J connectivity index is 1.94. The van der Waals surface area contributed by atoms with Crippen molar-refractivity contribution in [1.29, 1.82) is 0 Å². The van der Waals surface area contributed by atoms with Crippen molar-refractivity contribution in [2.24, 2.45) is 0 Å². The van der Waals surface area contributed by atoms with Gasteiger partial charge >= 0.3 is 0 Å². The molecule has 0 bridgehead atoms. The molecule has 0 aliphatic rings. The van der Waals surface area contributed by atoms with E-state index >= 15 is 0 Å². The summed E-state index contributed by atoms with van der Waals surface area (Å²) >= 11 is 4.64. The second kappa shape index (κ2) is 7.71. The molecule has 0 aliphatic carbocycles. The van der Waals surface area contributed by atoms with Crippen molar-refractivity contribution < 1.29 is 4.79 Å². The summed E-state index contributed by atoms with van der Waals surface area (Å²) in [5.74, 6) is 0.748. The van der Waals surface area contributed by atoms with Gasteiger partial charge in [0.2, 0.25) is 11.0 Å². The standard InChI is InChI=1S/C12H17N5OS3/c1-4-13-10-15-16-12(21-10)20-7-9-6-19-11(14-9)17(5-2)8(3)18/h6H,4-5,7H2,1-3H3,(H,13,15). The van der Waals surface area contributed by atoms with Crippen LogP contribution in [0.1, 0.15) is 26.5 Å². The van der Waals surface area contributed by atoms with Gasteiger partial charge < -0.3 is 5.32 Å². The number of thioether (sulfide) groups is 1. The number of rotatable bonds is 7. The molecule has 0 aromatic carbocycles. The van der Waals surface area contributed by atoms with E-state index in [1.165, 1.54) is 22.7 Å². The van der Waals surface area contributed by atoms with Gasteiger partial charge in [-0.3, -0.25) is 9.69 Å². The monoisotopic (exact) mass is 343 g/mol. The lowest BCUT2D eigenvalue weighted by atomic mass is 10.5. The number of hydrogen-bond acceptors (Lipinski definition) is 8. The fraction of sp³-hybridized carbons (Fsp3) is 0.500. The first-order chi connectivity index (χ1) is 10.1. The number of nitrogens with zero attached hydrogens (tertiary/aromatic N) is 4. The topological polar surface area (TPSA) is 71.0 Å². The van der Waals surface area contributed by atoms with Crippen LogP contribution in [0.5, 0.6) is 0 Å². The summed E-state index contributed by atoms with van der Waals surface area (Å²) in [5, 5.41) is 14.9. The van der Waals surface area contributed by atoms with Crippen LogP contribution < -0.4 is 10.2 Å². The summed E-state index contributed by atoms with van der Waals surface area (Å²) in [6.45, 7) is 7.01. The SMILES string of the molecule is CCNc1nnc(SCc2csc(N(CC)C(C)=O)n2)s1. The Morgan fingerprint density at radius 1 is 1.43 bits per heavy atom. The van der Waals surface area contributed by atoms with E-state index in [0.717, 1.165) is 32.6 Å². The van der Waals surface area contributed by atoms with E-state index in [1.807, 2.05) is 19.2 Å². The van der Waals surface area contributed by atoms with Gasteiger partial charge in [-0.1, -0.05) is 23.1 Å². The number of nitrogens with one attached hydrogen (secondary N) is 1. The minimum Gasteiger partial charge on any atom is -0.360 e. The lowest BCUT2D eigenvalue weighted by Gasteiger charge is -2.14. The third-order valence-corrected chi connectivity index (χ3v) is 5.51. The predicted octanol–water partition coefficient (Wildman–Crippen LogP) is 3.09. The maximum atomic E-state index is 11.5. The van der Waals surface area contributed by atoms with E-state index in [4.69, 9.17) is 0 Å². The Bertz CT molecular complexity index is 597. The van der Waals surface area contributed by atoms with Crippen molar-refractivity contribution in [2.75, 3.05) is 23.3 Å². The summed E-state index contributed by atoms with van der Waals surface area (Å²) in [7, 11) is 0. The molecule has 0 radical (unpaired) electrons. The summed E-state index contributed by atoms with van der Waals surface area (Å²) in [6.07, 6.45) is 0. The molecule has 0 fully saturated rings. The lowest BCUT2D eigenvalue weighted by Crippen LogP contribution is -2.27. The minimum atomic E-state index is 0.0189. The fourth-order valence-corrected chi connectivity index (χ4v) is 4.36. The van der Waals surface area contributed by atoms with Crippen LogP contribution in [0.15, 0.2) is 9.72 Å². The first kappa shape index (κ1) is 16.2. The number of carbonyl (C=O) groups is 1. The van der Waals surface area contributed by atoms with Crippen molar-refractivity contribution in [2.45, 2.75) is 30.9 Å². The molecule has 2 aromatic heterocycles. The number of aromatic nitrogens is 3. The first-order valence-corrected chi connectivity index (χ1v) is 9.24. The van der Waals surface area contributed by atoms with E-state index in [0.29, 0.717) is 6.54 Å². The van der Waals surface area contributed by atoms with Crippen LogP contribution in [0.2, 0.25) is 0 Å². The zero-order valence-electron chi connectivity index (χ0n) is 12.1. The summed E-state index contributed by atoms with van der Waals surface area (Å²) in [4.78, 5) is 17.7. The number of amides is 1. The molecular weight excluding hydrogens is 326 g/mol. The molecule has 0 saturated heterocycles. The molecule has 114 valence electrons. The van der Waals surface area contributed by atoms with Crippen molar-refractivity contribution in [3.63, 3.8) is 0 Å². The van der Waals surface area contributed by atoms with E-state index < -0.39 is 0 Å². The van der Waals surface area contributed by atoms with Crippen molar-refractivity contribution >= 4 is 50.6 Å². The zero-order chi connectivity index (χ0) is 15.2. The second-order valence-electron chi connectivity index (χ2n) is 4.08. The molecule has 0 atom stereocenters. The minimum absolute atomic E-state index is 0.0189. The number of carbonyl (C=O) groups excluding carboxylic acids is 1. The van der Waals surface area contributed by atoms with Crippen LogP contribution in [0.25, 0.3) is 0 Å². The smallest absolute Gasteiger partial charge is 0.225 e. The Morgan fingerprint density at radius 3 is 2.90 bits per heavy atom. The normalized spacial score (nSPS) is 10.6.